The van der Waals surface area contributed by atoms with E-state index in [1.54, 1.807) is 5.38 Å². The molecule has 1 fully saturated rings. The van der Waals surface area contributed by atoms with Gasteiger partial charge in [-0.3, -0.25) is 0 Å². The lowest BCUT2D eigenvalue weighted by atomic mass is 9.96. The Bertz CT molecular complexity index is 1160. The molecule has 5 atom stereocenters. The maximum absolute atomic E-state index is 13.9. The molecule has 0 aliphatic carbocycles. The number of hydrogen-bond donors (Lipinski definition) is 5. The van der Waals surface area contributed by atoms with Crippen LogP contribution < -0.4 is 10.9 Å². The summed E-state index contributed by atoms with van der Waals surface area (Å²) in [4.78, 5) is 12.6. The smallest absolute Gasteiger partial charge is 0.418 e. The van der Waals surface area contributed by atoms with Gasteiger partial charge in [-0.15, -0.1) is 11.3 Å². The van der Waals surface area contributed by atoms with Crippen molar-refractivity contribution in [3.63, 3.8) is 0 Å². The lowest BCUT2D eigenvalue weighted by molar-refractivity contribution is -0.245. The molecule has 0 radical (unpaired) electrons. The Morgan fingerprint density at radius 2 is 1.88 bits per heavy atom. The molecule has 1 saturated heterocycles. The second kappa shape index (κ2) is 8.46. The number of nitrogens with one attached hydrogen (secondary N) is 1. The highest BCUT2D eigenvalue weighted by Gasteiger charge is 2.44. The Balaban J connectivity index is 1.76. The van der Waals surface area contributed by atoms with Crippen molar-refractivity contribution >= 4 is 28.0 Å². The first-order chi connectivity index (χ1) is 15.1. The maximum Gasteiger partial charge on any atom is 0.418 e. The summed E-state index contributed by atoms with van der Waals surface area (Å²) >= 11 is 0.975. The van der Waals surface area contributed by atoms with E-state index in [4.69, 9.17) is 14.3 Å². The summed E-state index contributed by atoms with van der Waals surface area (Å²) in [5.74, 6) is 0. The van der Waals surface area contributed by atoms with Gasteiger partial charge in [0.25, 0.3) is 0 Å². The number of fused-ring (bicyclic) bond motifs is 1. The van der Waals surface area contributed by atoms with E-state index in [2.05, 4.69) is 5.32 Å². The Kier molecular flexibility index (Phi) is 6.00. The number of anilines is 1. The fourth-order valence-corrected chi connectivity index (χ4v) is 4.44. The van der Waals surface area contributed by atoms with E-state index in [0.717, 1.165) is 23.5 Å². The van der Waals surface area contributed by atoms with Crippen molar-refractivity contribution in [1.29, 1.82) is 0 Å². The molecule has 4 rings (SSSR count). The number of benzene rings is 1. The molecule has 3 aromatic rings. The second-order valence-electron chi connectivity index (χ2n) is 7.22. The molecule has 2 aromatic heterocycles. The van der Waals surface area contributed by atoms with E-state index in [-0.39, 0.29) is 21.5 Å². The zero-order chi connectivity index (χ0) is 23.2. The predicted molar refractivity (Wildman–Crippen MR) is 108 cm³/mol. The highest BCUT2D eigenvalue weighted by Crippen LogP contribution is 2.41. The van der Waals surface area contributed by atoms with Crippen LogP contribution in [0.5, 0.6) is 0 Å². The Labute approximate surface area is 182 Å². The third-order valence-electron chi connectivity index (χ3n) is 5.19. The van der Waals surface area contributed by atoms with Crippen molar-refractivity contribution in [2.75, 3.05) is 11.9 Å². The number of halogens is 3. The molecule has 0 amide bonds. The van der Waals surface area contributed by atoms with Gasteiger partial charge in [-0.25, -0.2) is 4.79 Å². The molecule has 12 heteroatoms. The molecule has 0 bridgehead atoms. The molecule has 2 unspecified atom stereocenters. The largest absolute Gasteiger partial charge is 0.422 e. The first-order valence-electron chi connectivity index (χ1n) is 9.41. The van der Waals surface area contributed by atoms with E-state index < -0.39 is 60.2 Å². The average molecular weight is 473 g/mol. The molecule has 0 spiro atoms. The quantitative estimate of drug-likeness (QED) is 0.362. The zero-order valence-corrected chi connectivity index (χ0v) is 16.9. The number of alkyl halides is 3. The molecular weight excluding hydrogens is 455 g/mol. The van der Waals surface area contributed by atoms with Gasteiger partial charge in [-0.2, -0.15) is 13.2 Å². The van der Waals surface area contributed by atoms with E-state index in [1.165, 1.54) is 18.2 Å². The SMILES string of the molecule is O=c1oc2cc(NC3[C@@H](O)OC(CO)[C@H](O)[C@H]3O)ccc2c(C(F)(F)F)c1-c1cccs1. The molecule has 1 aliphatic rings. The van der Waals surface area contributed by atoms with Crippen LogP contribution in [0, 0.1) is 0 Å². The van der Waals surface area contributed by atoms with Crippen LogP contribution in [0.3, 0.4) is 0 Å². The number of aliphatic hydroxyl groups is 4. The molecule has 0 saturated carbocycles. The standard InChI is InChI=1S/C20H18F3NO7S/c21-20(22,23)14-9-4-3-8(24-15-17(27)16(26)11(7-25)31-19(15)29)6-10(9)30-18(28)13(14)12-2-1-5-32-12/h1-6,11,15-17,19,24-27,29H,7H2/t11?,15?,16-,17-,19-/m0/s1. The van der Waals surface area contributed by atoms with Gasteiger partial charge in [0.1, 0.15) is 29.9 Å². The van der Waals surface area contributed by atoms with E-state index in [0.29, 0.717) is 0 Å². The van der Waals surface area contributed by atoms with Gasteiger partial charge < -0.3 is 34.9 Å². The molecule has 32 heavy (non-hydrogen) atoms. The van der Waals surface area contributed by atoms with Crippen LogP contribution in [0.4, 0.5) is 18.9 Å². The van der Waals surface area contributed by atoms with Crippen LogP contribution in [0.25, 0.3) is 21.4 Å². The summed E-state index contributed by atoms with van der Waals surface area (Å²) in [6.45, 7) is -0.643. The first kappa shape index (κ1) is 22.7. The first-order valence-corrected chi connectivity index (χ1v) is 10.3. The number of ether oxygens (including phenoxy) is 1. The monoisotopic (exact) mass is 473 g/mol. The number of hydrogen-bond acceptors (Lipinski definition) is 9. The molecule has 3 heterocycles. The maximum atomic E-state index is 13.9. The van der Waals surface area contributed by atoms with Crippen molar-refractivity contribution < 1.29 is 42.8 Å². The number of thiophene rings is 1. The summed E-state index contributed by atoms with van der Waals surface area (Å²) in [6, 6.07) is 5.12. The molecule has 8 nitrogen and oxygen atoms in total. The van der Waals surface area contributed by atoms with E-state index in [1.807, 2.05) is 0 Å². The van der Waals surface area contributed by atoms with Crippen molar-refractivity contribution in [3.8, 4) is 10.4 Å². The second-order valence-corrected chi connectivity index (χ2v) is 8.17. The van der Waals surface area contributed by atoms with Crippen molar-refractivity contribution in [2.24, 2.45) is 0 Å². The van der Waals surface area contributed by atoms with Crippen LogP contribution in [0.15, 0.2) is 44.9 Å². The minimum Gasteiger partial charge on any atom is -0.422 e. The van der Waals surface area contributed by atoms with Crippen LogP contribution in [-0.4, -0.2) is 57.7 Å². The minimum absolute atomic E-state index is 0.0963. The van der Waals surface area contributed by atoms with Crippen LogP contribution in [0.2, 0.25) is 0 Å². The normalized spacial score (nSPS) is 26.4. The lowest BCUT2D eigenvalue weighted by Gasteiger charge is -2.40. The van der Waals surface area contributed by atoms with E-state index in [9.17, 15) is 33.3 Å². The van der Waals surface area contributed by atoms with Gasteiger partial charge in [0.15, 0.2) is 6.29 Å². The molecular formula is C20H18F3NO7S. The van der Waals surface area contributed by atoms with Gasteiger partial charge in [-0.05, 0) is 23.6 Å². The van der Waals surface area contributed by atoms with Crippen LogP contribution >= 0.6 is 11.3 Å². The summed E-state index contributed by atoms with van der Waals surface area (Å²) in [6.07, 6.45) is -10.8. The minimum atomic E-state index is -4.84. The topological polar surface area (TPSA) is 132 Å². The summed E-state index contributed by atoms with van der Waals surface area (Å²) in [5, 5.41) is 43.3. The molecule has 5 N–H and O–H groups in total. The number of rotatable bonds is 4. The summed E-state index contributed by atoms with van der Waals surface area (Å²) < 4.78 is 52.0. The Morgan fingerprint density at radius 1 is 1.12 bits per heavy atom. The fourth-order valence-electron chi connectivity index (χ4n) is 3.68. The average Bonchev–Trinajstić information content (AvgIpc) is 3.26. The summed E-state index contributed by atoms with van der Waals surface area (Å²) in [5.41, 5.74) is -3.13. The highest BCUT2D eigenvalue weighted by atomic mass is 32.1. The van der Waals surface area contributed by atoms with Gasteiger partial charge in [0.05, 0.1) is 17.7 Å². The summed E-state index contributed by atoms with van der Waals surface area (Å²) in [7, 11) is 0. The Morgan fingerprint density at radius 3 is 2.50 bits per heavy atom. The molecule has 172 valence electrons. The number of aliphatic hydroxyl groups excluding tert-OH is 4. The fraction of sp³-hybridized carbons (Fsp3) is 0.350. The third kappa shape index (κ3) is 4.00. The van der Waals surface area contributed by atoms with Crippen LogP contribution in [-0.2, 0) is 10.9 Å². The van der Waals surface area contributed by atoms with Crippen molar-refractivity contribution in [1.82, 2.24) is 0 Å². The zero-order valence-electron chi connectivity index (χ0n) is 16.1. The van der Waals surface area contributed by atoms with Crippen LogP contribution in [0.1, 0.15) is 5.56 Å². The predicted octanol–water partition coefficient (Wildman–Crippen LogP) is 1.75. The lowest BCUT2D eigenvalue weighted by Crippen LogP contribution is -2.61. The van der Waals surface area contributed by atoms with E-state index >= 15 is 0 Å². The molecule has 1 aromatic carbocycles. The van der Waals surface area contributed by atoms with Crippen molar-refractivity contribution in [3.05, 3.63) is 51.7 Å². The Hall–Kier alpha value is -2.48. The van der Waals surface area contributed by atoms with Gasteiger partial charge >= 0.3 is 11.8 Å². The molecule has 1 aliphatic heterocycles. The van der Waals surface area contributed by atoms with Gasteiger partial charge in [0, 0.05) is 22.0 Å². The van der Waals surface area contributed by atoms with Gasteiger partial charge in [0.2, 0.25) is 0 Å². The van der Waals surface area contributed by atoms with Crippen molar-refractivity contribution in [2.45, 2.75) is 36.8 Å². The third-order valence-corrected chi connectivity index (χ3v) is 6.08. The highest BCUT2D eigenvalue weighted by molar-refractivity contribution is 7.13. The van der Waals surface area contributed by atoms with Gasteiger partial charge in [-0.1, -0.05) is 6.07 Å².